The molecule has 0 aliphatic carbocycles. The van der Waals surface area contributed by atoms with Crippen molar-refractivity contribution in [1.82, 2.24) is 4.90 Å². The summed E-state index contributed by atoms with van der Waals surface area (Å²) in [5.41, 5.74) is 5.36. The molecule has 0 spiro atoms. The number of rotatable bonds is 2. The lowest BCUT2D eigenvalue weighted by Gasteiger charge is -2.30. The molecule has 1 saturated heterocycles. The molecule has 0 saturated carbocycles. The van der Waals surface area contributed by atoms with Crippen molar-refractivity contribution < 1.29 is 10.0 Å². The van der Waals surface area contributed by atoms with E-state index in [2.05, 4.69) is 4.90 Å². The lowest BCUT2D eigenvalue weighted by molar-refractivity contribution is -0.813. The molecule has 0 aromatic rings. The molecule has 70 valence electrons. The van der Waals surface area contributed by atoms with Crippen LogP contribution in [0.5, 0.6) is 0 Å². The molecule has 1 rings (SSSR count). The van der Waals surface area contributed by atoms with E-state index in [-0.39, 0.29) is 12.6 Å². The van der Waals surface area contributed by atoms with E-state index in [0.29, 0.717) is 0 Å². The van der Waals surface area contributed by atoms with E-state index >= 15 is 0 Å². The first kappa shape index (κ1) is 9.44. The van der Waals surface area contributed by atoms with E-state index < -0.39 is 0 Å². The molecular weight excluding hydrogens is 156 g/mol. The van der Waals surface area contributed by atoms with E-state index in [9.17, 15) is 0 Å². The van der Waals surface area contributed by atoms with E-state index in [4.69, 9.17) is 16.2 Å². The van der Waals surface area contributed by atoms with Crippen LogP contribution in [0.15, 0.2) is 0 Å². The van der Waals surface area contributed by atoms with Gasteiger partial charge in [0.1, 0.15) is 0 Å². The van der Waals surface area contributed by atoms with Crippen molar-refractivity contribution in [3.63, 3.8) is 0 Å². The normalized spacial score (nSPS) is 21.1. The molecule has 5 heteroatoms. The maximum Gasteiger partial charge on any atom is 0.290 e. The van der Waals surface area contributed by atoms with E-state index in [1.54, 1.807) is 0 Å². The van der Waals surface area contributed by atoms with Gasteiger partial charge in [0.05, 0.1) is 19.7 Å². The van der Waals surface area contributed by atoms with Crippen LogP contribution in [-0.4, -0.2) is 55.3 Å². The van der Waals surface area contributed by atoms with Gasteiger partial charge in [-0.15, -0.1) is 0 Å². The van der Waals surface area contributed by atoms with Gasteiger partial charge in [0.2, 0.25) is 0 Å². The maximum absolute atomic E-state index is 8.68. The Hall–Kier alpha value is -0.650. The predicted octanol–water partition coefficient (Wildman–Crippen LogP) is -2.93. The average molecular weight is 173 g/mol. The fourth-order valence-electron chi connectivity index (χ4n) is 1.46. The van der Waals surface area contributed by atoms with E-state index in [1.165, 1.54) is 0 Å². The molecule has 0 unspecified atom stereocenters. The Balaban J connectivity index is 2.25. The van der Waals surface area contributed by atoms with Crippen molar-refractivity contribution in [2.45, 2.75) is 0 Å². The molecule has 0 amide bonds. The predicted molar refractivity (Wildman–Crippen MR) is 46.1 cm³/mol. The number of piperazine rings is 1. The van der Waals surface area contributed by atoms with Gasteiger partial charge in [-0.25, -0.2) is 5.41 Å². The van der Waals surface area contributed by atoms with Crippen LogP contribution in [-0.2, 0) is 0 Å². The lowest BCUT2D eigenvalue weighted by Crippen LogP contribution is -3.18. The first-order valence-corrected chi connectivity index (χ1v) is 4.26. The molecule has 5 nitrogen and oxygen atoms in total. The number of hydrogen-bond donors (Lipinski definition) is 4. The minimum absolute atomic E-state index is 0.218. The van der Waals surface area contributed by atoms with Gasteiger partial charge in [-0.05, 0) is 0 Å². The van der Waals surface area contributed by atoms with Crippen LogP contribution in [0.4, 0.5) is 0 Å². The van der Waals surface area contributed by atoms with Crippen molar-refractivity contribution in [2.75, 3.05) is 39.3 Å². The number of nitrogens with two attached hydrogens (primary N) is 1. The molecule has 1 fully saturated rings. The first-order chi connectivity index (χ1) is 5.74. The quantitative estimate of drug-likeness (QED) is 0.267. The smallest absolute Gasteiger partial charge is 0.290 e. The van der Waals surface area contributed by atoms with Gasteiger partial charge in [-0.1, -0.05) is 0 Å². The first-order valence-electron chi connectivity index (χ1n) is 4.26. The zero-order chi connectivity index (χ0) is 8.97. The van der Waals surface area contributed by atoms with Crippen LogP contribution < -0.4 is 10.6 Å². The van der Waals surface area contributed by atoms with Crippen molar-refractivity contribution in [3.05, 3.63) is 0 Å². The Labute approximate surface area is 72.3 Å². The Bertz CT molecular complexity index is 153. The molecule has 0 atom stereocenters. The monoisotopic (exact) mass is 173 g/mol. The van der Waals surface area contributed by atoms with Gasteiger partial charge < -0.3 is 10.8 Å². The number of guanidine groups is 1. The second kappa shape index (κ2) is 4.39. The summed E-state index contributed by atoms with van der Waals surface area (Å²) in [6.07, 6.45) is 0. The summed E-state index contributed by atoms with van der Waals surface area (Å²) < 4.78 is 0. The summed E-state index contributed by atoms with van der Waals surface area (Å²) in [7, 11) is 0. The Kier molecular flexibility index (Phi) is 3.46. The summed E-state index contributed by atoms with van der Waals surface area (Å²) in [5, 5.41) is 15.9. The Morgan fingerprint density at radius 3 is 2.50 bits per heavy atom. The van der Waals surface area contributed by atoms with Crippen LogP contribution in [0.2, 0.25) is 0 Å². The zero-order valence-corrected chi connectivity index (χ0v) is 7.21. The number of aliphatic hydroxyl groups is 1. The Morgan fingerprint density at radius 1 is 1.50 bits per heavy atom. The van der Waals surface area contributed by atoms with Crippen LogP contribution in [0.1, 0.15) is 0 Å². The highest BCUT2D eigenvalue weighted by molar-refractivity contribution is 5.64. The van der Waals surface area contributed by atoms with E-state index in [1.807, 2.05) is 0 Å². The van der Waals surface area contributed by atoms with Gasteiger partial charge in [0, 0.05) is 19.6 Å². The minimum atomic E-state index is 0.218. The SMILES string of the molecule is N=C(N)[NH+]1CCN(CCO)CC1. The summed E-state index contributed by atoms with van der Waals surface area (Å²) in [4.78, 5) is 3.25. The molecule has 12 heavy (non-hydrogen) atoms. The lowest BCUT2D eigenvalue weighted by atomic mass is 10.3. The van der Waals surface area contributed by atoms with Gasteiger partial charge in [0.15, 0.2) is 0 Å². The largest absolute Gasteiger partial charge is 0.395 e. The maximum atomic E-state index is 8.68. The Morgan fingerprint density at radius 2 is 2.08 bits per heavy atom. The van der Waals surface area contributed by atoms with Crippen molar-refractivity contribution in [1.29, 1.82) is 5.41 Å². The van der Waals surface area contributed by atoms with Crippen LogP contribution >= 0.6 is 0 Å². The molecule has 1 heterocycles. The van der Waals surface area contributed by atoms with Crippen LogP contribution in [0.3, 0.4) is 0 Å². The molecule has 0 aromatic heterocycles. The third-order valence-electron chi connectivity index (χ3n) is 2.26. The fraction of sp³-hybridized carbons (Fsp3) is 0.857. The topological polar surface area (TPSA) is 77.8 Å². The summed E-state index contributed by atoms with van der Waals surface area (Å²) in [6, 6.07) is 0. The molecule has 0 aromatic carbocycles. The van der Waals surface area contributed by atoms with Crippen molar-refractivity contribution >= 4 is 5.96 Å². The van der Waals surface area contributed by atoms with Crippen LogP contribution in [0.25, 0.3) is 0 Å². The summed E-state index contributed by atoms with van der Waals surface area (Å²) in [6.45, 7) is 4.58. The number of aliphatic hydroxyl groups excluding tert-OH is 1. The molecular formula is C7H17N4O+. The average Bonchev–Trinajstić information content (AvgIpc) is 2.06. The van der Waals surface area contributed by atoms with Crippen molar-refractivity contribution in [2.24, 2.45) is 5.73 Å². The van der Waals surface area contributed by atoms with Gasteiger partial charge >= 0.3 is 0 Å². The molecule has 5 N–H and O–H groups in total. The second-order valence-electron chi connectivity index (χ2n) is 3.08. The molecule has 1 aliphatic heterocycles. The number of β-amino-alcohol motifs (C(OH)–C–C–N with tert-alkyl or cyclic N) is 1. The molecule has 0 radical (unpaired) electrons. The fourth-order valence-corrected chi connectivity index (χ4v) is 1.46. The van der Waals surface area contributed by atoms with Crippen LogP contribution in [0, 0.1) is 5.41 Å². The highest BCUT2D eigenvalue weighted by atomic mass is 16.3. The number of quaternary nitrogens is 1. The highest BCUT2D eigenvalue weighted by Crippen LogP contribution is 1.86. The van der Waals surface area contributed by atoms with E-state index in [0.717, 1.165) is 37.6 Å². The third kappa shape index (κ3) is 2.44. The molecule has 0 bridgehead atoms. The summed E-state index contributed by atoms with van der Waals surface area (Å²) in [5.74, 6) is 0.235. The summed E-state index contributed by atoms with van der Waals surface area (Å²) >= 11 is 0. The van der Waals surface area contributed by atoms with Gasteiger partial charge in [-0.3, -0.25) is 9.80 Å². The van der Waals surface area contributed by atoms with Crippen molar-refractivity contribution in [3.8, 4) is 0 Å². The number of nitrogens with one attached hydrogen (secondary N) is 2. The molecule has 1 aliphatic rings. The standard InChI is InChI=1S/C7H16N4O/c8-7(9)11-3-1-10(2-4-11)5-6-12/h12H,1-6H2,(H3,8,9)/p+1. The number of nitrogens with zero attached hydrogens (tertiary/aromatic N) is 1. The number of hydrogen-bond acceptors (Lipinski definition) is 3. The third-order valence-corrected chi connectivity index (χ3v) is 2.26. The minimum Gasteiger partial charge on any atom is -0.395 e. The van der Waals surface area contributed by atoms with Gasteiger partial charge in [-0.2, -0.15) is 0 Å². The second-order valence-corrected chi connectivity index (χ2v) is 3.08. The highest BCUT2D eigenvalue weighted by Gasteiger charge is 2.21. The van der Waals surface area contributed by atoms with Gasteiger partial charge in [0.25, 0.3) is 5.96 Å². The zero-order valence-electron chi connectivity index (χ0n) is 7.21.